The molecule has 10 heteroatoms. The van der Waals surface area contributed by atoms with Crippen LogP contribution in [0.4, 0.5) is 0 Å². The van der Waals surface area contributed by atoms with E-state index in [1.807, 2.05) is 35.2 Å². The maximum Gasteiger partial charge on any atom is 0.341 e. The van der Waals surface area contributed by atoms with Crippen LogP contribution in [0, 0.1) is 0 Å². The molecular formula is C32H32ClNO7S. The molecule has 0 aliphatic heterocycles. The number of hydrogen-bond donors (Lipinski definition) is 3. The lowest BCUT2D eigenvalue weighted by molar-refractivity contribution is -0.139. The van der Waals surface area contributed by atoms with Gasteiger partial charge < -0.3 is 20.1 Å². The average Bonchev–Trinajstić information content (AvgIpc) is 2.99. The zero-order valence-electron chi connectivity index (χ0n) is 22.7. The highest BCUT2D eigenvalue weighted by Crippen LogP contribution is 2.25. The Bertz CT molecular complexity index is 1560. The average molecular weight is 610 g/mol. The molecule has 0 aliphatic carbocycles. The molecule has 0 saturated heterocycles. The number of benzene rings is 4. The van der Waals surface area contributed by atoms with Crippen molar-refractivity contribution in [2.24, 2.45) is 0 Å². The minimum atomic E-state index is -3.82. The maximum atomic E-state index is 13.2. The molecule has 4 aromatic rings. The molecule has 0 fully saturated rings. The first kappa shape index (κ1) is 31.2. The molecule has 0 amide bonds. The molecule has 3 N–H and O–H groups in total. The van der Waals surface area contributed by atoms with E-state index in [9.17, 15) is 23.4 Å². The third-order valence-electron chi connectivity index (χ3n) is 6.80. The molecule has 4 rings (SSSR count). The van der Waals surface area contributed by atoms with Crippen molar-refractivity contribution >= 4 is 27.4 Å². The van der Waals surface area contributed by atoms with Crippen molar-refractivity contribution in [3.8, 4) is 5.75 Å². The van der Waals surface area contributed by atoms with Crippen molar-refractivity contribution in [1.29, 1.82) is 0 Å². The number of carboxylic acids is 1. The third kappa shape index (κ3) is 8.40. The van der Waals surface area contributed by atoms with Gasteiger partial charge in [-0.1, -0.05) is 66.2 Å². The topological polar surface area (TPSA) is 124 Å². The van der Waals surface area contributed by atoms with E-state index in [1.165, 1.54) is 36.4 Å². The molecule has 8 nitrogen and oxygen atoms in total. The minimum absolute atomic E-state index is 0.0511. The van der Waals surface area contributed by atoms with Gasteiger partial charge in [0.1, 0.15) is 5.75 Å². The Morgan fingerprint density at radius 1 is 0.857 bits per heavy atom. The first-order valence-electron chi connectivity index (χ1n) is 13.3. The van der Waals surface area contributed by atoms with E-state index >= 15 is 0 Å². The Morgan fingerprint density at radius 3 is 2.10 bits per heavy atom. The van der Waals surface area contributed by atoms with Crippen LogP contribution in [0.5, 0.6) is 5.75 Å². The number of ether oxygens (including phenoxy) is 1. The molecule has 0 aromatic heterocycles. The number of hydrogen-bond acceptors (Lipinski definition) is 7. The SMILES string of the molecule is O=C(O)COc1ccc(S(=O)(=O)c2ccc(C[C@@H](CO)N(Cc3ccccc3)C[C@H](O)c3cccc(Cl)c3)cc2)cc1. The largest absolute Gasteiger partial charge is 0.482 e. The van der Waals surface area contributed by atoms with Crippen LogP contribution in [0.25, 0.3) is 0 Å². The highest BCUT2D eigenvalue weighted by Gasteiger charge is 2.24. The Balaban J connectivity index is 1.50. The summed E-state index contributed by atoms with van der Waals surface area (Å²) >= 11 is 6.13. The summed E-state index contributed by atoms with van der Waals surface area (Å²) in [7, 11) is -3.82. The quantitative estimate of drug-likeness (QED) is 0.187. The van der Waals surface area contributed by atoms with Gasteiger partial charge in [-0.25, -0.2) is 13.2 Å². The lowest BCUT2D eigenvalue weighted by atomic mass is 10.0. The number of carbonyl (C=O) groups is 1. The van der Waals surface area contributed by atoms with E-state index in [1.54, 1.807) is 36.4 Å². The van der Waals surface area contributed by atoms with Crippen LogP contribution < -0.4 is 4.74 Å². The van der Waals surface area contributed by atoms with Gasteiger partial charge in [-0.3, -0.25) is 4.90 Å². The Morgan fingerprint density at radius 2 is 1.50 bits per heavy atom. The lowest BCUT2D eigenvalue weighted by Gasteiger charge is -2.32. The normalized spacial score (nSPS) is 13.0. The van der Waals surface area contributed by atoms with Crippen molar-refractivity contribution in [2.45, 2.75) is 34.9 Å². The summed E-state index contributed by atoms with van der Waals surface area (Å²) < 4.78 is 31.4. The van der Waals surface area contributed by atoms with Crippen LogP contribution in [0.15, 0.2) is 113 Å². The van der Waals surface area contributed by atoms with Gasteiger partial charge in [0.2, 0.25) is 9.84 Å². The zero-order chi connectivity index (χ0) is 30.1. The van der Waals surface area contributed by atoms with Crippen molar-refractivity contribution in [1.82, 2.24) is 4.90 Å². The van der Waals surface area contributed by atoms with Crippen LogP contribution in [-0.4, -0.2) is 60.4 Å². The van der Waals surface area contributed by atoms with Crippen molar-refractivity contribution < 1.29 is 33.3 Å². The third-order valence-corrected chi connectivity index (χ3v) is 8.82. The molecule has 0 unspecified atom stereocenters. The van der Waals surface area contributed by atoms with E-state index in [0.29, 0.717) is 23.6 Å². The van der Waals surface area contributed by atoms with Crippen LogP contribution in [-0.2, 0) is 27.6 Å². The highest BCUT2D eigenvalue weighted by molar-refractivity contribution is 7.91. The summed E-state index contributed by atoms with van der Waals surface area (Å²) in [6.07, 6.45) is -0.420. The van der Waals surface area contributed by atoms with Gasteiger partial charge >= 0.3 is 5.97 Å². The van der Waals surface area contributed by atoms with Gasteiger partial charge in [0.15, 0.2) is 6.61 Å². The van der Waals surface area contributed by atoms with Crippen LogP contribution in [0.1, 0.15) is 22.8 Å². The molecule has 42 heavy (non-hydrogen) atoms. The van der Waals surface area contributed by atoms with E-state index in [0.717, 1.165) is 11.1 Å². The number of halogens is 1. The standard InChI is InChI=1S/C32H32ClNO7S/c33-26-8-4-7-25(18-26)31(36)20-34(19-24-5-2-1-3-6-24)27(21-35)17-23-9-13-29(14-10-23)42(39,40)30-15-11-28(12-16-30)41-22-32(37)38/h1-16,18,27,31,35-36H,17,19-22H2,(H,37,38)/t27-,31-/m0/s1. The highest BCUT2D eigenvalue weighted by atomic mass is 35.5. The van der Waals surface area contributed by atoms with Crippen LogP contribution in [0.3, 0.4) is 0 Å². The molecule has 4 aromatic carbocycles. The Kier molecular flexibility index (Phi) is 10.7. The number of nitrogens with zero attached hydrogens (tertiary/aromatic N) is 1. The number of sulfone groups is 1. The van der Waals surface area contributed by atoms with E-state index in [2.05, 4.69) is 0 Å². The first-order chi connectivity index (χ1) is 20.2. The zero-order valence-corrected chi connectivity index (χ0v) is 24.3. The summed E-state index contributed by atoms with van der Waals surface area (Å²) in [5, 5.41) is 30.7. The molecule has 220 valence electrons. The van der Waals surface area contributed by atoms with Crippen LogP contribution in [0.2, 0.25) is 5.02 Å². The fraction of sp³-hybridized carbons (Fsp3) is 0.219. The summed E-state index contributed by atoms with van der Waals surface area (Å²) in [4.78, 5) is 12.8. The predicted octanol–water partition coefficient (Wildman–Crippen LogP) is 4.78. The number of rotatable bonds is 14. The molecular weight excluding hydrogens is 578 g/mol. The summed E-state index contributed by atoms with van der Waals surface area (Å²) in [6.45, 7) is 0.0393. The van der Waals surface area contributed by atoms with E-state index in [4.69, 9.17) is 21.4 Å². The molecule has 0 radical (unpaired) electrons. The van der Waals surface area contributed by atoms with Gasteiger partial charge in [0.25, 0.3) is 0 Å². The molecule has 0 aliphatic rings. The monoisotopic (exact) mass is 609 g/mol. The second kappa shape index (κ2) is 14.4. The predicted molar refractivity (Wildman–Crippen MR) is 159 cm³/mol. The van der Waals surface area contributed by atoms with Gasteiger partial charge in [0.05, 0.1) is 22.5 Å². The van der Waals surface area contributed by atoms with Gasteiger partial charge in [-0.2, -0.15) is 0 Å². The summed E-state index contributed by atoms with van der Waals surface area (Å²) in [5.74, 6) is -0.877. The first-order valence-corrected chi connectivity index (χ1v) is 15.1. The van der Waals surface area contributed by atoms with E-state index < -0.39 is 28.5 Å². The van der Waals surface area contributed by atoms with E-state index in [-0.39, 0.29) is 34.7 Å². The lowest BCUT2D eigenvalue weighted by Crippen LogP contribution is -2.41. The number of aliphatic hydroxyl groups is 2. The fourth-order valence-corrected chi connectivity index (χ4v) is 6.04. The van der Waals surface area contributed by atoms with Gasteiger partial charge in [0, 0.05) is 24.2 Å². The summed E-state index contributed by atoms with van der Waals surface area (Å²) in [6, 6.07) is 28.5. The van der Waals surface area contributed by atoms with Gasteiger partial charge in [-0.15, -0.1) is 0 Å². The second-order valence-corrected chi connectivity index (χ2v) is 12.2. The van der Waals surface area contributed by atoms with Crippen molar-refractivity contribution in [2.75, 3.05) is 19.8 Å². The second-order valence-electron chi connectivity index (χ2n) is 9.83. The minimum Gasteiger partial charge on any atom is -0.482 e. The number of aliphatic carboxylic acids is 1. The molecule has 0 bridgehead atoms. The van der Waals surface area contributed by atoms with Gasteiger partial charge in [-0.05, 0) is 71.6 Å². The molecule has 0 saturated carbocycles. The molecule has 0 spiro atoms. The van der Waals surface area contributed by atoms with Crippen molar-refractivity contribution in [3.05, 3.63) is 125 Å². The molecule has 2 atom stereocenters. The van der Waals surface area contributed by atoms with Crippen molar-refractivity contribution in [3.63, 3.8) is 0 Å². The Hall–Kier alpha value is -3.73. The fourth-order valence-electron chi connectivity index (χ4n) is 4.58. The Labute approximate surface area is 250 Å². The smallest absolute Gasteiger partial charge is 0.341 e. The number of aliphatic hydroxyl groups excluding tert-OH is 2. The summed E-state index contributed by atoms with van der Waals surface area (Å²) in [5.41, 5.74) is 2.52. The molecule has 0 heterocycles. The maximum absolute atomic E-state index is 13.2. The van der Waals surface area contributed by atoms with Crippen LogP contribution >= 0.6 is 11.6 Å². The number of carboxylic acid groups (broad SMARTS) is 1.